The molecule has 0 aliphatic carbocycles. The van der Waals surface area contributed by atoms with Gasteiger partial charge in [-0.05, 0) is 43.5 Å². The smallest absolute Gasteiger partial charge is 0.224 e. The van der Waals surface area contributed by atoms with Crippen molar-refractivity contribution in [3.8, 4) is 0 Å². The van der Waals surface area contributed by atoms with E-state index in [4.69, 9.17) is 5.73 Å². The molecule has 0 spiro atoms. The van der Waals surface area contributed by atoms with E-state index < -0.39 is 0 Å². The van der Waals surface area contributed by atoms with Crippen LogP contribution in [0.1, 0.15) is 31.7 Å². The van der Waals surface area contributed by atoms with Gasteiger partial charge in [0.1, 0.15) is 0 Å². The number of carbonyl (C=O) groups excluding carboxylic acids is 2. The first-order valence-corrected chi connectivity index (χ1v) is 6.53. The first-order chi connectivity index (χ1) is 9.04. The Bertz CT molecular complexity index is 497. The predicted molar refractivity (Wildman–Crippen MR) is 74.9 cm³/mol. The van der Waals surface area contributed by atoms with E-state index in [1.54, 1.807) is 6.07 Å². The minimum Gasteiger partial charge on any atom is -0.328 e. The predicted octanol–water partition coefficient (Wildman–Crippen LogP) is 1.64. The summed E-state index contributed by atoms with van der Waals surface area (Å²) in [6.45, 7) is 1.88. The summed E-state index contributed by atoms with van der Waals surface area (Å²) in [6.07, 6.45) is 2.30. The van der Waals surface area contributed by atoms with Crippen molar-refractivity contribution in [2.45, 2.75) is 38.6 Å². The van der Waals surface area contributed by atoms with Crippen molar-refractivity contribution >= 4 is 23.2 Å². The van der Waals surface area contributed by atoms with Crippen LogP contribution in [0.25, 0.3) is 0 Å². The molecule has 1 aliphatic heterocycles. The fourth-order valence-electron chi connectivity index (χ4n) is 2.04. The lowest BCUT2D eigenvalue weighted by atomic mass is 10.0. The number of nitrogens with one attached hydrogen (secondary N) is 2. The van der Waals surface area contributed by atoms with E-state index in [1.807, 2.05) is 19.1 Å². The second-order valence-corrected chi connectivity index (χ2v) is 4.98. The second kappa shape index (κ2) is 5.84. The molecule has 5 nitrogen and oxygen atoms in total. The molecule has 0 radical (unpaired) electrons. The molecule has 1 atom stereocenters. The monoisotopic (exact) mass is 261 g/mol. The van der Waals surface area contributed by atoms with Gasteiger partial charge in [0.15, 0.2) is 0 Å². The minimum atomic E-state index is -0.0305. The van der Waals surface area contributed by atoms with Gasteiger partial charge in [0.2, 0.25) is 11.8 Å². The van der Waals surface area contributed by atoms with Crippen LogP contribution >= 0.6 is 0 Å². The molecule has 1 aromatic rings. The molecule has 0 saturated heterocycles. The summed E-state index contributed by atoms with van der Waals surface area (Å²) in [5.74, 6) is 0.0123. The number of hydrogen-bond acceptors (Lipinski definition) is 3. The molecule has 0 saturated carbocycles. The molecule has 5 heteroatoms. The summed E-state index contributed by atoms with van der Waals surface area (Å²) in [5.41, 5.74) is 8.28. The Morgan fingerprint density at radius 2 is 2.26 bits per heavy atom. The normalized spacial score (nSPS) is 15.4. The summed E-state index contributed by atoms with van der Waals surface area (Å²) >= 11 is 0. The van der Waals surface area contributed by atoms with Crippen molar-refractivity contribution in [1.29, 1.82) is 0 Å². The SMILES string of the molecule is CC(N)CCC(=O)Nc1ccc2c(c1)CCC(=O)N2. The Labute approximate surface area is 112 Å². The Morgan fingerprint density at radius 1 is 1.47 bits per heavy atom. The topological polar surface area (TPSA) is 84.2 Å². The highest BCUT2D eigenvalue weighted by Gasteiger charge is 2.15. The number of fused-ring (bicyclic) bond motifs is 1. The van der Waals surface area contributed by atoms with Crippen molar-refractivity contribution in [3.63, 3.8) is 0 Å². The molecule has 0 fully saturated rings. The minimum absolute atomic E-state index is 0.0305. The van der Waals surface area contributed by atoms with Crippen molar-refractivity contribution in [1.82, 2.24) is 0 Å². The molecule has 102 valence electrons. The van der Waals surface area contributed by atoms with E-state index in [9.17, 15) is 9.59 Å². The van der Waals surface area contributed by atoms with Crippen LogP contribution in [-0.4, -0.2) is 17.9 Å². The highest BCUT2D eigenvalue weighted by atomic mass is 16.2. The number of amides is 2. The molecule has 2 rings (SSSR count). The molecule has 4 N–H and O–H groups in total. The van der Waals surface area contributed by atoms with E-state index in [0.717, 1.165) is 16.9 Å². The number of benzene rings is 1. The zero-order valence-electron chi connectivity index (χ0n) is 11.0. The molecule has 1 heterocycles. The van der Waals surface area contributed by atoms with Crippen molar-refractivity contribution < 1.29 is 9.59 Å². The van der Waals surface area contributed by atoms with Gasteiger partial charge in [-0.15, -0.1) is 0 Å². The molecule has 0 bridgehead atoms. The van der Waals surface area contributed by atoms with Gasteiger partial charge < -0.3 is 16.4 Å². The number of nitrogens with two attached hydrogens (primary N) is 1. The van der Waals surface area contributed by atoms with Crippen LogP contribution in [0.4, 0.5) is 11.4 Å². The highest BCUT2D eigenvalue weighted by Crippen LogP contribution is 2.25. The first kappa shape index (κ1) is 13.5. The summed E-state index contributed by atoms with van der Waals surface area (Å²) in [6, 6.07) is 5.57. The molecule has 1 aromatic carbocycles. The zero-order valence-corrected chi connectivity index (χ0v) is 11.0. The quantitative estimate of drug-likeness (QED) is 0.770. The lowest BCUT2D eigenvalue weighted by molar-refractivity contribution is -0.117. The molecule has 2 amide bonds. The highest BCUT2D eigenvalue weighted by molar-refractivity contribution is 5.95. The molecule has 19 heavy (non-hydrogen) atoms. The fraction of sp³-hybridized carbons (Fsp3) is 0.429. The van der Waals surface area contributed by atoms with Crippen LogP contribution in [-0.2, 0) is 16.0 Å². The summed E-state index contributed by atoms with van der Waals surface area (Å²) in [4.78, 5) is 22.9. The van der Waals surface area contributed by atoms with E-state index in [0.29, 0.717) is 25.7 Å². The lowest BCUT2D eigenvalue weighted by Gasteiger charge is -2.17. The third-order valence-corrected chi connectivity index (χ3v) is 3.11. The van der Waals surface area contributed by atoms with Gasteiger partial charge in [0.25, 0.3) is 0 Å². The maximum atomic E-state index is 11.7. The van der Waals surface area contributed by atoms with Crippen molar-refractivity contribution in [2.24, 2.45) is 5.73 Å². The number of anilines is 2. The Hall–Kier alpha value is -1.88. The van der Waals surface area contributed by atoms with Gasteiger partial charge in [-0.25, -0.2) is 0 Å². The van der Waals surface area contributed by atoms with Gasteiger partial charge in [-0.3, -0.25) is 9.59 Å². The van der Waals surface area contributed by atoms with Crippen LogP contribution < -0.4 is 16.4 Å². The van der Waals surface area contributed by atoms with Gasteiger partial charge in [0.05, 0.1) is 0 Å². The Kier molecular flexibility index (Phi) is 4.16. The van der Waals surface area contributed by atoms with E-state index in [1.165, 1.54) is 0 Å². The van der Waals surface area contributed by atoms with E-state index >= 15 is 0 Å². The molecular formula is C14H19N3O2. The third kappa shape index (κ3) is 3.79. The summed E-state index contributed by atoms with van der Waals surface area (Å²) < 4.78 is 0. The lowest BCUT2D eigenvalue weighted by Crippen LogP contribution is -2.20. The number of carbonyl (C=O) groups is 2. The summed E-state index contributed by atoms with van der Waals surface area (Å²) in [7, 11) is 0. The Balaban J connectivity index is 1.98. The number of aryl methyl sites for hydroxylation is 1. The molecule has 1 unspecified atom stereocenters. The van der Waals surface area contributed by atoms with Crippen LogP contribution in [0.3, 0.4) is 0 Å². The maximum absolute atomic E-state index is 11.7. The van der Waals surface area contributed by atoms with E-state index in [2.05, 4.69) is 10.6 Å². The average Bonchev–Trinajstić information content (AvgIpc) is 2.36. The maximum Gasteiger partial charge on any atom is 0.224 e. The molecule has 0 aromatic heterocycles. The number of hydrogen-bond donors (Lipinski definition) is 3. The molecule has 1 aliphatic rings. The van der Waals surface area contributed by atoms with Crippen LogP contribution in [0.2, 0.25) is 0 Å². The van der Waals surface area contributed by atoms with Gasteiger partial charge in [-0.2, -0.15) is 0 Å². The van der Waals surface area contributed by atoms with Crippen molar-refractivity contribution in [2.75, 3.05) is 10.6 Å². The Morgan fingerprint density at radius 3 is 3.00 bits per heavy atom. The third-order valence-electron chi connectivity index (χ3n) is 3.11. The van der Waals surface area contributed by atoms with Crippen LogP contribution in [0.15, 0.2) is 18.2 Å². The second-order valence-electron chi connectivity index (χ2n) is 4.98. The summed E-state index contributed by atoms with van der Waals surface area (Å²) in [5, 5.41) is 5.66. The van der Waals surface area contributed by atoms with E-state index in [-0.39, 0.29) is 17.9 Å². The number of rotatable bonds is 4. The zero-order chi connectivity index (χ0) is 13.8. The van der Waals surface area contributed by atoms with Gasteiger partial charge >= 0.3 is 0 Å². The first-order valence-electron chi connectivity index (χ1n) is 6.53. The fourth-order valence-corrected chi connectivity index (χ4v) is 2.04. The van der Waals surface area contributed by atoms with Crippen LogP contribution in [0, 0.1) is 0 Å². The largest absolute Gasteiger partial charge is 0.328 e. The standard InChI is InChI=1S/C14H19N3O2/c1-9(15)2-6-13(18)16-11-4-5-12-10(8-11)3-7-14(19)17-12/h4-5,8-9H,2-3,6-7,15H2,1H3,(H,16,18)(H,17,19). The van der Waals surface area contributed by atoms with Gasteiger partial charge in [-0.1, -0.05) is 0 Å². The van der Waals surface area contributed by atoms with Gasteiger partial charge in [0, 0.05) is 30.3 Å². The average molecular weight is 261 g/mol. The van der Waals surface area contributed by atoms with Crippen LogP contribution in [0.5, 0.6) is 0 Å². The van der Waals surface area contributed by atoms with Crippen molar-refractivity contribution in [3.05, 3.63) is 23.8 Å². The molecular weight excluding hydrogens is 242 g/mol.